The van der Waals surface area contributed by atoms with Gasteiger partial charge in [0.25, 0.3) is 11.6 Å². The van der Waals surface area contributed by atoms with E-state index >= 15 is 0 Å². The van der Waals surface area contributed by atoms with Crippen LogP contribution < -0.4 is 10.1 Å². The number of amides is 1. The van der Waals surface area contributed by atoms with Gasteiger partial charge in [0.05, 0.1) is 24.2 Å². The van der Waals surface area contributed by atoms with Crippen molar-refractivity contribution in [1.29, 1.82) is 5.26 Å². The third-order valence-corrected chi connectivity index (χ3v) is 4.86. The number of nitro benzene ring substituents is 1. The first-order valence-corrected chi connectivity index (χ1v) is 10.4. The van der Waals surface area contributed by atoms with Crippen molar-refractivity contribution in [3.63, 3.8) is 0 Å². The summed E-state index contributed by atoms with van der Waals surface area (Å²) < 4.78 is 17.3. The summed E-state index contributed by atoms with van der Waals surface area (Å²) in [6, 6.07) is 7.59. The topological polar surface area (TPSA) is 146 Å². The van der Waals surface area contributed by atoms with Gasteiger partial charge >= 0.3 is 5.97 Å². The van der Waals surface area contributed by atoms with Gasteiger partial charge < -0.3 is 24.1 Å². The molecule has 1 amide bonds. The lowest BCUT2D eigenvalue weighted by molar-refractivity contribution is -0.384. The molecule has 0 atom stereocenters. The van der Waals surface area contributed by atoms with E-state index in [0.29, 0.717) is 25.3 Å². The highest BCUT2D eigenvalue weighted by molar-refractivity contribution is 6.00. The highest BCUT2D eigenvalue weighted by Gasteiger charge is 2.19. The second-order valence-corrected chi connectivity index (χ2v) is 7.13. The molecule has 1 aromatic carbocycles. The standard InChI is InChI=1S/C23H26N4O7/c1-5-33-19-6-7-20(21(12-19)27(30)31)25-22(28)14-34-23(29)18(13-24)11-17-10-15(2)26(16(17)3)8-9-32-4/h6-7,10-12H,5,8-9,14H2,1-4H3,(H,25,28)/b18-11+. The molecule has 1 aromatic heterocycles. The Bertz CT molecular complexity index is 1140. The van der Waals surface area contributed by atoms with Gasteiger partial charge in [0.15, 0.2) is 6.61 Å². The van der Waals surface area contributed by atoms with E-state index in [0.717, 1.165) is 11.4 Å². The Kier molecular flexibility index (Phi) is 9.34. The molecular weight excluding hydrogens is 444 g/mol. The van der Waals surface area contributed by atoms with E-state index in [-0.39, 0.29) is 22.7 Å². The lowest BCUT2D eigenvalue weighted by Crippen LogP contribution is -2.22. The number of rotatable bonds is 11. The third-order valence-electron chi connectivity index (χ3n) is 4.86. The molecule has 0 aliphatic heterocycles. The maximum atomic E-state index is 12.4. The van der Waals surface area contributed by atoms with Crippen LogP contribution >= 0.6 is 0 Å². The summed E-state index contributed by atoms with van der Waals surface area (Å²) in [5.74, 6) is -1.50. The molecule has 180 valence electrons. The number of hydrogen-bond acceptors (Lipinski definition) is 8. The zero-order valence-corrected chi connectivity index (χ0v) is 19.4. The molecule has 0 saturated heterocycles. The fourth-order valence-corrected chi connectivity index (χ4v) is 3.21. The number of nitro groups is 1. The van der Waals surface area contributed by atoms with Crippen LogP contribution in [0.2, 0.25) is 0 Å². The summed E-state index contributed by atoms with van der Waals surface area (Å²) in [6.07, 6.45) is 1.39. The van der Waals surface area contributed by atoms with Gasteiger partial charge in [0.1, 0.15) is 23.1 Å². The van der Waals surface area contributed by atoms with Crippen molar-refractivity contribution in [3.8, 4) is 11.8 Å². The number of esters is 1. The number of aryl methyl sites for hydroxylation is 1. The molecule has 1 heterocycles. The van der Waals surface area contributed by atoms with Crippen LogP contribution in [-0.4, -0.2) is 48.3 Å². The second kappa shape index (κ2) is 12.2. The van der Waals surface area contributed by atoms with E-state index < -0.39 is 23.4 Å². The molecule has 11 heteroatoms. The second-order valence-electron chi connectivity index (χ2n) is 7.13. The summed E-state index contributed by atoms with van der Waals surface area (Å²) in [6.45, 7) is 6.21. The first kappa shape index (κ1) is 26.1. The van der Waals surface area contributed by atoms with Gasteiger partial charge in [-0.25, -0.2) is 4.79 Å². The number of hydrogen-bond donors (Lipinski definition) is 1. The highest BCUT2D eigenvalue weighted by Crippen LogP contribution is 2.29. The summed E-state index contributed by atoms with van der Waals surface area (Å²) >= 11 is 0. The minimum absolute atomic E-state index is 0.0750. The summed E-state index contributed by atoms with van der Waals surface area (Å²) in [5.41, 5.74) is 1.71. The Hall–Kier alpha value is -4.17. The lowest BCUT2D eigenvalue weighted by Gasteiger charge is -2.09. The van der Waals surface area contributed by atoms with Gasteiger partial charge in [0.2, 0.25) is 0 Å². The van der Waals surface area contributed by atoms with E-state index in [1.807, 2.05) is 24.5 Å². The van der Waals surface area contributed by atoms with Gasteiger partial charge in [-0.1, -0.05) is 0 Å². The zero-order valence-electron chi connectivity index (χ0n) is 19.4. The number of aromatic nitrogens is 1. The van der Waals surface area contributed by atoms with Gasteiger partial charge in [0, 0.05) is 25.0 Å². The number of ether oxygens (including phenoxy) is 3. The minimum Gasteiger partial charge on any atom is -0.494 e. The summed E-state index contributed by atoms with van der Waals surface area (Å²) in [7, 11) is 1.60. The largest absolute Gasteiger partial charge is 0.494 e. The fraction of sp³-hybridized carbons (Fsp3) is 0.348. The van der Waals surface area contributed by atoms with Crippen molar-refractivity contribution in [2.75, 3.05) is 32.2 Å². The van der Waals surface area contributed by atoms with E-state index in [1.54, 1.807) is 20.1 Å². The summed E-state index contributed by atoms with van der Waals surface area (Å²) in [5, 5.41) is 23.0. The fourth-order valence-electron chi connectivity index (χ4n) is 3.21. The van der Waals surface area contributed by atoms with Crippen LogP contribution in [0.3, 0.4) is 0 Å². The zero-order chi connectivity index (χ0) is 25.3. The first-order chi connectivity index (χ1) is 16.2. The van der Waals surface area contributed by atoms with Crippen LogP contribution in [0.1, 0.15) is 23.9 Å². The predicted octanol–water partition coefficient (Wildman–Crippen LogP) is 3.15. The molecule has 0 saturated carbocycles. The molecule has 34 heavy (non-hydrogen) atoms. The number of benzene rings is 1. The lowest BCUT2D eigenvalue weighted by atomic mass is 10.1. The molecule has 2 rings (SSSR count). The molecule has 0 radical (unpaired) electrons. The number of methoxy groups -OCH3 is 1. The van der Waals surface area contributed by atoms with Crippen LogP contribution in [0.15, 0.2) is 29.8 Å². The number of nitrogens with one attached hydrogen (secondary N) is 1. The average Bonchev–Trinajstić information content (AvgIpc) is 3.07. The molecule has 2 aromatic rings. The van der Waals surface area contributed by atoms with Crippen molar-refractivity contribution in [3.05, 3.63) is 56.9 Å². The number of anilines is 1. The Morgan fingerprint density at radius 3 is 2.65 bits per heavy atom. The van der Waals surface area contributed by atoms with Gasteiger partial charge in [-0.3, -0.25) is 14.9 Å². The van der Waals surface area contributed by atoms with Crippen molar-refractivity contribution in [2.45, 2.75) is 27.3 Å². The Morgan fingerprint density at radius 1 is 1.29 bits per heavy atom. The summed E-state index contributed by atoms with van der Waals surface area (Å²) in [4.78, 5) is 35.2. The van der Waals surface area contributed by atoms with Crippen molar-refractivity contribution < 1.29 is 28.7 Å². The molecule has 0 aliphatic carbocycles. The van der Waals surface area contributed by atoms with Crippen molar-refractivity contribution >= 4 is 29.3 Å². The number of nitriles is 1. The smallest absolute Gasteiger partial charge is 0.349 e. The Morgan fingerprint density at radius 2 is 2.03 bits per heavy atom. The van der Waals surface area contributed by atoms with Crippen LogP contribution in [-0.2, 0) is 25.6 Å². The van der Waals surface area contributed by atoms with Gasteiger partial charge in [-0.05, 0) is 50.6 Å². The first-order valence-electron chi connectivity index (χ1n) is 10.4. The quantitative estimate of drug-likeness (QED) is 0.173. The molecule has 0 spiro atoms. The van der Waals surface area contributed by atoms with E-state index in [9.17, 15) is 25.0 Å². The molecule has 0 bridgehead atoms. The van der Waals surface area contributed by atoms with Gasteiger partial charge in [-0.15, -0.1) is 0 Å². The van der Waals surface area contributed by atoms with Crippen LogP contribution in [0.4, 0.5) is 11.4 Å². The molecule has 1 N–H and O–H groups in total. The monoisotopic (exact) mass is 470 g/mol. The average molecular weight is 470 g/mol. The number of nitrogens with zero attached hydrogens (tertiary/aromatic N) is 3. The van der Waals surface area contributed by atoms with E-state index in [2.05, 4.69) is 5.32 Å². The molecule has 11 nitrogen and oxygen atoms in total. The Labute approximate surface area is 196 Å². The maximum absolute atomic E-state index is 12.4. The minimum atomic E-state index is -0.986. The number of carbonyl (C=O) groups is 2. The van der Waals surface area contributed by atoms with Crippen LogP contribution in [0.25, 0.3) is 6.08 Å². The predicted molar refractivity (Wildman–Crippen MR) is 123 cm³/mol. The van der Waals surface area contributed by atoms with E-state index in [1.165, 1.54) is 24.3 Å². The van der Waals surface area contributed by atoms with Gasteiger partial charge in [-0.2, -0.15) is 5.26 Å². The molecule has 0 fully saturated rings. The highest BCUT2D eigenvalue weighted by atomic mass is 16.6. The van der Waals surface area contributed by atoms with Crippen molar-refractivity contribution in [2.24, 2.45) is 0 Å². The Balaban J connectivity index is 2.08. The molecular formula is C23H26N4O7. The SMILES string of the molecule is CCOc1ccc(NC(=O)COC(=O)/C(C#N)=C/c2cc(C)n(CCOC)c2C)c([N+](=O)[O-])c1. The molecule has 0 aliphatic rings. The third kappa shape index (κ3) is 6.66. The van der Waals surface area contributed by atoms with Crippen LogP contribution in [0, 0.1) is 35.3 Å². The number of carbonyl (C=O) groups excluding carboxylic acids is 2. The van der Waals surface area contributed by atoms with E-state index in [4.69, 9.17) is 14.2 Å². The van der Waals surface area contributed by atoms with Crippen LogP contribution in [0.5, 0.6) is 5.75 Å². The van der Waals surface area contributed by atoms with Crippen molar-refractivity contribution in [1.82, 2.24) is 4.57 Å². The normalized spacial score (nSPS) is 11.0. The maximum Gasteiger partial charge on any atom is 0.349 e. The molecule has 0 unspecified atom stereocenters.